The summed E-state index contributed by atoms with van der Waals surface area (Å²) in [5.41, 5.74) is 9.21. The molecule has 0 amide bonds. The molecule has 0 aliphatic rings. The SMILES string of the molecule is Cc1cc(/C=N\Nc2nc(-c3ccc(Br)cc3)cs2)c(C)n1-c1ccccc1Cl. The van der Waals surface area contributed by atoms with Crippen molar-refractivity contribution in [3.8, 4) is 16.9 Å². The van der Waals surface area contributed by atoms with Gasteiger partial charge in [0.05, 0.1) is 22.6 Å². The first-order valence-electron chi connectivity index (χ1n) is 8.97. The normalized spacial score (nSPS) is 11.3. The van der Waals surface area contributed by atoms with Crippen LogP contribution in [-0.4, -0.2) is 15.8 Å². The summed E-state index contributed by atoms with van der Waals surface area (Å²) in [4.78, 5) is 4.60. The largest absolute Gasteiger partial charge is 0.316 e. The van der Waals surface area contributed by atoms with Crippen LogP contribution >= 0.6 is 38.9 Å². The highest BCUT2D eigenvalue weighted by atomic mass is 79.9. The summed E-state index contributed by atoms with van der Waals surface area (Å²) < 4.78 is 3.19. The molecule has 0 fully saturated rings. The molecule has 0 aliphatic carbocycles. The van der Waals surface area contributed by atoms with Gasteiger partial charge in [-0.2, -0.15) is 5.10 Å². The van der Waals surface area contributed by atoms with Crippen LogP contribution in [0, 0.1) is 13.8 Å². The van der Waals surface area contributed by atoms with Crippen LogP contribution in [0.1, 0.15) is 17.0 Å². The maximum atomic E-state index is 6.38. The first-order chi connectivity index (χ1) is 14.0. The molecule has 7 heteroatoms. The number of hydrogen-bond acceptors (Lipinski definition) is 4. The first-order valence-corrected chi connectivity index (χ1v) is 11.0. The summed E-state index contributed by atoms with van der Waals surface area (Å²) in [7, 11) is 0. The van der Waals surface area contributed by atoms with Gasteiger partial charge in [-0.05, 0) is 44.2 Å². The average molecular weight is 486 g/mol. The van der Waals surface area contributed by atoms with Gasteiger partial charge in [-0.3, -0.25) is 5.43 Å². The van der Waals surface area contributed by atoms with Gasteiger partial charge in [-0.1, -0.05) is 51.8 Å². The zero-order valence-corrected chi connectivity index (χ0v) is 19.0. The second-order valence-corrected chi connectivity index (χ2v) is 8.71. The van der Waals surface area contributed by atoms with Gasteiger partial charge in [0.2, 0.25) is 5.13 Å². The van der Waals surface area contributed by atoms with Crippen molar-refractivity contribution in [3.05, 3.63) is 86.4 Å². The third-order valence-electron chi connectivity index (χ3n) is 4.57. The highest BCUT2D eigenvalue weighted by Gasteiger charge is 2.11. The number of thiazole rings is 1. The number of benzene rings is 2. The number of hydrazone groups is 1. The number of hydrogen-bond donors (Lipinski definition) is 1. The van der Waals surface area contributed by atoms with Crippen LogP contribution in [0.2, 0.25) is 5.02 Å². The molecular weight excluding hydrogens is 468 g/mol. The van der Waals surface area contributed by atoms with Crippen LogP contribution in [0.15, 0.2) is 69.6 Å². The van der Waals surface area contributed by atoms with Crippen molar-refractivity contribution in [1.82, 2.24) is 9.55 Å². The third kappa shape index (κ3) is 4.29. The molecular formula is C22H18BrClN4S. The molecule has 146 valence electrons. The van der Waals surface area contributed by atoms with Gasteiger partial charge < -0.3 is 4.57 Å². The van der Waals surface area contributed by atoms with Crippen LogP contribution < -0.4 is 5.43 Å². The molecule has 4 rings (SSSR count). The maximum Gasteiger partial charge on any atom is 0.203 e. The van der Waals surface area contributed by atoms with Gasteiger partial charge in [0.25, 0.3) is 0 Å². The molecule has 0 bridgehead atoms. The van der Waals surface area contributed by atoms with E-state index in [-0.39, 0.29) is 0 Å². The molecule has 0 radical (unpaired) electrons. The third-order valence-corrected chi connectivity index (χ3v) is 6.17. The fourth-order valence-corrected chi connectivity index (χ4v) is 4.31. The van der Waals surface area contributed by atoms with Crippen molar-refractivity contribution in [2.45, 2.75) is 13.8 Å². The van der Waals surface area contributed by atoms with Gasteiger partial charge in [0.1, 0.15) is 0 Å². The number of nitrogens with zero attached hydrogens (tertiary/aromatic N) is 3. The van der Waals surface area contributed by atoms with E-state index < -0.39 is 0 Å². The lowest BCUT2D eigenvalue weighted by Crippen LogP contribution is -2.00. The Hall–Kier alpha value is -2.41. The molecule has 4 nitrogen and oxygen atoms in total. The summed E-state index contributed by atoms with van der Waals surface area (Å²) in [6.45, 7) is 4.12. The lowest BCUT2D eigenvalue weighted by Gasteiger charge is -2.11. The van der Waals surface area contributed by atoms with Crippen LogP contribution in [0.4, 0.5) is 5.13 Å². The van der Waals surface area contributed by atoms with E-state index in [1.807, 2.05) is 60.1 Å². The molecule has 0 saturated heterocycles. The van der Waals surface area contributed by atoms with Crippen molar-refractivity contribution in [2.24, 2.45) is 5.10 Å². The van der Waals surface area contributed by atoms with E-state index in [4.69, 9.17) is 11.6 Å². The number of aromatic nitrogens is 2. The highest BCUT2D eigenvalue weighted by Crippen LogP contribution is 2.27. The molecule has 29 heavy (non-hydrogen) atoms. The average Bonchev–Trinajstić information content (AvgIpc) is 3.28. The van der Waals surface area contributed by atoms with E-state index in [1.165, 1.54) is 11.3 Å². The number of nitrogens with one attached hydrogen (secondary N) is 1. The van der Waals surface area contributed by atoms with Crippen LogP contribution in [0.5, 0.6) is 0 Å². The molecule has 0 atom stereocenters. The zero-order chi connectivity index (χ0) is 20.4. The molecule has 0 aliphatic heterocycles. The Morgan fingerprint density at radius 2 is 1.90 bits per heavy atom. The Kier molecular flexibility index (Phi) is 5.85. The predicted octanol–water partition coefficient (Wildman–Crippen LogP) is 7.08. The van der Waals surface area contributed by atoms with Gasteiger partial charge in [0, 0.05) is 32.4 Å². The van der Waals surface area contributed by atoms with Crippen LogP contribution in [0.25, 0.3) is 16.9 Å². The summed E-state index contributed by atoms with van der Waals surface area (Å²) in [5.74, 6) is 0. The van der Waals surface area contributed by atoms with Gasteiger partial charge in [-0.25, -0.2) is 4.98 Å². The fourth-order valence-electron chi connectivity index (χ4n) is 3.16. The summed E-state index contributed by atoms with van der Waals surface area (Å²) in [5, 5.41) is 7.87. The van der Waals surface area contributed by atoms with E-state index in [1.54, 1.807) is 0 Å². The fraction of sp³-hybridized carbons (Fsp3) is 0.0909. The topological polar surface area (TPSA) is 42.2 Å². The minimum atomic E-state index is 0.721. The Bertz CT molecular complexity index is 1180. The second-order valence-electron chi connectivity index (χ2n) is 6.53. The number of halogens is 2. The lowest BCUT2D eigenvalue weighted by atomic mass is 10.2. The molecule has 2 heterocycles. The minimum Gasteiger partial charge on any atom is -0.316 e. The summed E-state index contributed by atoms with van der Waals surface area (Å²) in [6.07, 6.45) is 1.82. The highest BCUT2D eigenvalue weighted by molar-refractivity contribution is 9.10. The monoisotopic (exact) mass is 484 g/mol. The van der Waals surface area contributed by atoms with Crippen molar-refractivity contribution < 1.29 is 0 Å². The van der Waals surface area contributed by atoms with Gasteiger partial charge in [0.15, 0.2) is 0 Å². The number of para-hydroxylation sites is 1. The van der Waals surface area contributed by atoms with E-state index in [0.717, 1.165) is 48.5 Å². The summed E-state index contributed by atoms with van der Waals surface area (Å²) >= 11 is 11.4. The Morgan fingerprint density at radius 1 is 1.14 bits per heavy atom. The number of anilines is 1. The van der Waals surface area contributed by atoms with E-state index in [9.17, 15) is 0 Å². The standard InChI is InChI=1S/C22H18BrClN4S/c1-14-11-17(15(2)28(14)21-6-4-3-5-19(21)24)12-25-27-22-26-20(13-29-22)16-7-9-18(23)10-8-16/h3-13H,1-2H3,(H,26,27)/b25-12-. The molecule has 2 aromatic heterocycles. The quantitative estimate of drug-likeness (QED) is 0.242. The molecule has 4 aromatic rings. The van der Waals surface area contributed by atoms with Gasteiger partial charge in [-0.15, -0.1) is 11.3 Å². The molecule has 0 saturated carbocycles. The summed E-state index contributed by atoms with van der Waals surface area (Å²) in [6, 6.07) is 18.0. The predicted molar refractivity (Wildman–Crippen MR) is 127 cm³/mol. The van der Waals surface area contributed by atoms with Crippen LogP contribution in [-0.2, 0) is 0 Å². The maximum absolute atomic E-state index is 6.38. The Balaban J connectivity index is 1.52. The molecule has 2 aromatic carbocycles. The Labute approximate surface area is 187 Å². The number of aryl methyl sites for hydroxylation is 1. The Morgan fingerprint density at radius 3 is 2.66 bits per heavy atom. The van der Waals surface area contributed by atoms with Crippen molar-refractivity contribution in [2.75, 3.05) is 5.43 Å². The van der Waals surface area contributed by atoms with Gasteiger partial charge >= 0.3 is 0 Å². The van der Waals surface area contributed by atoms with E-state index in [0.29, 0.717) is 0 Å². The van der Waals surface area contributed by atoms with Crippen molar-refractivity contribution in [3.63, 3.8) is 0 Å². The second kappa shape index (κ2) is 8.53. The smallest absolute Gasteiger partial charge is 0.203 e. The molecule has 0 unspecified atom stereocenters. The molecule has 1 N–H and O–H groups in total. The van der Waals surface area contributed by atoms with E-state index in [2.05, 4.69) is 55.9 Å². The van der Waals surface area contributed by atoms with Crippen molar-refractivity contribution in [1.29, 1.82) is 0 Å². The molecule has 0 spiro atoms. The first kappa shape index (κ1) is 19.9. The van der Waals surface area contributed by atoms with E-state index >= 15 is 0 Å². The minimum absolute atomic E-state index is 0.721. The van der Waals surface area contributed by atoms with Crippen molar-refractivity contribution >= 4 is 50.2 Å². The zero-order valence-electron chi connectivity index (χ0n) is 15.9. The lowest BCUT2D eigenvalue weighted by molar-refractivity contribution is 0.965. The number of rotatable bonds is 5. The van der Waals surface area contributed by atoms with Crippen LogP contribution in [0.3, 0.4) is 0 Å².